The Morgan fingerprint density at radius 3 is 2.28 bits per heavy atom. The largest absolute Gasteiger partial charge is 0.339 e. The lowest BCUT2D eigenvalue weighted by molar-refractivity contribution is 0.0693. The van der Waals surface area contributed by atoms with Crippen molar-refractivity contribution in [3.8, 4) is 0 Å². The standard InChI is InChI=1S/C22H36N2O3S2/c1-16-10-12-24(13-11-16)20(25)18-14-17(8-9-19(18)28-7)29(26,27)23-22(5,6)15-21(2,3)4/h8-9,14,16,23H,10-13,15H2,1-7H3. The van der Waals surface area contributed by atoms with Gasteiger partial charge in [0.25, 0.3) is 5.91 Å². The van der Waals surface area contributed by atoms with Crippen molar-refractivity contribution in [1.82, 2.24) is 9.62 Å². The van der Waals surface area contributed by atoms with Gasteiger partial charge in [0.2, 0.25) is 10.0 Å². The summed E-state index contributed by atoms with van der Waals surface area (Å²) in [5.41, 5.74) is -0.132. The van der Waals surface area contributed by atoms with E-state index in [1.54, 1.807) is 18.2 Å². The first-order valence-corrected chi connectivity index (χ1v) is 13.0. The topological polar surface area (TPSA) is 66.5 Å². The number of hydrogen-bond acceptors (Lipinski definition) is 4. The van der Waals surface area contributed by atoms with Crippen molar-refractivity contribution in [1.29, 1.82) is 0 Å². The minimum absolute atomic E-state index is 0.0126. The normalized spacial score (nSPS) is 16.9. The molecule has 0 spiro atoms. The van der Waals surface area contributed by atoms with E-state index in [-0.39, 0.29) is 16.2 Å². The van der Waals surface area contributed by atoms with Crippen LogP contribution < -0.4 is 4.72 Å². The van der Waals surface area contributed by atoms with Crippen LogP contribution in [0.2, 0.25) is 0 Å². The van der Waals surface area contributed by atoms with Gasteiger partial charge < -0.3 is 4.90 Å². The number of likely N-dealkylation sites (tertiary alicyclic amines) is 1. The molecule has 2 rings (SSSR count). The lowest BCUT2D eigenvalue weighted by Crippen LogP contribution is -2.45. The molecule has 1 aromatic rings. The number of carbonyl (C=O) groups excluding carboxylic acids is 1. The van der Waals surface area contributed by atoms with E-state index in [1.165, 1.54) is 11.8 Å². The molecule has 0 saturated carbocycles. The van der Waals surface area contributed by atoms with Crippen LogP contribution in [0, 0.1) is 11.3 Å². The number of hydrogen-bond donors (Lipinski definition) is 1. The maximum atomic E-state index is 13.1. The van der Waals surface area contributed by atoms with Crippen LogP contribution in [0.4, 0.5) is 0 Å². The first-order chi connectivity index (χ1) is 13.2. The maximum absolute atomic E-state index is 13.1. The van der Waals surface area contributed by atoms with E-state index in [0.717, 1.165) is 30.8 Å². The van der Waals surface area contributed by atoms with Crippen LogP contribution in [0.5, 0.6) is 0 Å². The molecule has 29 heavy (non-hydrogen) atoms. The van der Waals surface area contributed by atoms with Crippen LogP contribution in [0.15, 0.2) is 28.0 Å². The molecule has 0 radical (unpaired) electrons. The number of piperidine rings is 1. The summed E-state index contributed by atoms with van der Waals surface area (Å²) in [6, 6.07) is 4.88. The number of rotatable bonds is 6. The van der Waals surface area contributed by atoms with Gasteiger partial charge in [0.15, 0.2) is 0 Å². The molecule has 0 bridgehead atoms. The molecule has 164 valence electrons. The number of nitrogens with zero attached hydrogens (tertiary/aromatic N) is 1. The van der Waals surface area contributed by atoms with Gasteiger partial charge in [-0.2, -0.15) is 0 Å². The van der Waals surface area contributed by atoms with Crippen LogP contribution in [0.1, 0.15) is 71.2 Å². The Morgan fingerprint density at radius 2 is 1.76 bits per heavy atom. The summed E-state index contributed by atoms with van der Waals surface area (Å²) in [6.45, 7) is 13.7. The van der Waals surface area contributed by atoms with Gasteiger partial charge in [-0.05, 0) is 68.9 Å². The third-order valence-corrected chi connectivity index (χ3v) is 7.66. The minimum Gasteiger partial charge on any atom is -0.339 e. The smallest absolute Gasteiger partial charge is 0.255 e. The Balaban J connectivity index is 2.32. The second kappa shape index (κ2) is 8.98. The molecular weight excluding hydrogens is 404 g/mol. The molecule has 0 aliphatic carbocycles. The molecule has 1 aromatic carbocycles. The number of benzene rings is 1. The molecule has 0 unspecified atom stereocenters. The fraction of sp³-hybridized carbons (Fsp3) is 0.682. The minimum atomic E-state index is -3.74. The summed E-state index contributed by atoms with van der Waals surface area (Å²) in [4.78, 5) is 15.9. The molecular formula is C22H36N2O3S2. The Hall–Kier alpha value is -1.05. The second-order valence-electron chi connectivity index (χ2n) is 10.1. The van der Waals surface area contributed by atoms with Crippen LogP contribution >= 0.6 is 11.8 Å². The second-order valence-corrected chi connectivity index (χ2v) is 12.6. The number of carbonyl (C=O) groups is 1. The van der Waals surface area contributed by atoms with Gasteiger partial charge in [-0.3, -0.25) is 4.79 Å². The molecule has 1 N–H and O–H groups in total. The van der Waals surface area contributed by atoms with E-state index in [2.05, 4.69) is 32.4 Å². The molecule has 1 aliphatic heterocycles. The highest BCUT2D eigenvalue weighted by atomic mass is 32.2. The zero-order valence-electron chi connectivity index (χ0n) is 18.8. The Kier molecular flexibility index (Phi) is 7.50. The van der Waals surface area contributed by atoms with Gasteiger partial charge in [0.05, 0.1) is 10.5 Å². The first kappa shape index (κ1) is 24.2. The van der Waals surface area contributed by atoms with Crippen LogP contribution in [-0.2, 0) is 10.0 Å². The lowest BCUT2D eigenvalue weighted by Gasteiger charge is -2.33. The van der Waals surface area contributed by atoms with E-state index in [4.69, 9.17) is 0 Å². The summed E-state index contributed by atoms with van der Waals surface area (Å²) < 4.78 is 29.0. The molecule has 7 heteroatoms. The van der Waals surface area contributed by atoms with Crippen LogP contribution in [0.3, 0.4) is 0 Å². The maximum Gasteiger partial charge on any atom is 0.255 e. The Labute approximate surface area is 181 Å². The van der Waals surface area contributed by atoms with E-state index in [9.17, 15) is 13.2 Å². The summed E-state index contributed by atoms with van der Waals surface area (Å²) in [5, 5.41) is 0. The number of amides is 1. The molecule has 1 saturated heterocycles. The van der Waals surface area contributed by atoms with Crippen molar-refractivity contribution in [2.75, 3.05) is 19.3 Å². The van der Waals surface area contributed by atoms with Crippen LogP contribution in [-0.4, -0.2) is 44.1 Å². The number of nitrogens with one attached hydrogen (secondary N) is 1. The molecule has 1 heterocycles. The summed E-state index contributed by atoms with van der Waals surface area (Å²) in [7, 11) is -3.74. The third kappa shape index (κ3) is 6.72. The summed E-state index contributed by atoms with van der Waals surface area (Å²) in [6.07, 6.45) is 4.57. The highest BCUT2D eigenvalue weighted by Crippen LogP contribution is 2.30. The summed E-state index contributed by atoms with van der Waals surface area (Å²) in [5.74, 6) is 0.548. The fourth-order valence-corrected chi connectivity index (χ4v) is 6.20. The van der Waals surface area contributed by atoms with Crippen molar-refractivity contribution >= 4 is 27.7 Å². The third-order valence-electron chi connectivity index (χ3n) is 5.17. The molecule has 1 amide bonds. The zero-order chi connectivity index (χ0) is 22.0. The predicted octanol–water partition coefficient (Wildman–Crippen LogP) is 4.77. The van der Waals surface area contributed by atoms with Gasteiger partial charge in [0, 0.05) is 23.5 Å². The SMILES string of the molecule is CSc1ccc(S(=O)(=O)NC(C)(C)CC(C)(C)C)cc1C(=O)N1CCC(C)CC1. The first-order valence-electron chi connectivity index (χ1n) is 10.3. The van der Waals surface area contributed by atoms with E-state index >= 15 is 0 Å². The fourth-order valence-electron chi connectivity index (χ4n) is 4.19. The van der Waals surface area contributed by atoms with Crippen molar-refractivity contribution in [3.63, 3.8) is 0 Å². The highest BCUT2D eigenvalue weighted by molar-refractivity contribution is 7.98. The van der Waals surface area contributed by atoms with E-state index in [0.29, 0.717) is 17.9 Å². The monoisotopic (exact) mass is 440 g/mol. The van der Waals surface area contributed by atoms with Gasteiger partial charge in [-0.25, -0.2) is 13.1 Å². The Bertz CT molecular complexity index is 834. The molecule has 1 fully saturated rings. The average Bonchev–Trinajstić information content (AvgIpc) is 2.58. The lowest BCUT2D eigenvalue weighted by atomic mass is 9.82. The molecule has 1 aliphatic rings. The van der Waals surface area contributed by atoms with Crippen LogP contribution in [0.25, 0.3) is 0 Å². The van der Waals surface area contributed by atoms with Crippen molar-refractivity contribution in [2.45, 2.75) is 76.1 Å². The van der Waals surface area contributed by atoms with Crippen molar-refractivity contribution in [3.05, 3.63) is 23.8 Å². The molecule has 0 aromatic heterocycles. The predicted molar refractivity (Wildman–Crippen MR) is 121 cm³/mol. The van der Waals surface area contributed by atoms with Crippen molar-refractivity contribution < 1.29 is 13.2 Å². The molecule has 0 atom stereocenters. The summed E-state index contributed by atoms with van der Waals surface area (Å²) >= 11 is 1.47. The quantitative estimate of drug-likeness (QED) is 0.647. The van der Waals surface area contributed by atoms with E-state index < -0.39 is 15.6 Å². The molecule has 5 nitrogen and oxygen atoms in total. The number of thioether (sulfide) groups is 1. The van der Waals surface area contributed by atoms with E-state index in [1.807, 2.05) is 25.0 Å². The average molecular weight is 441 g/mol. The van der Waals surface area contributed by atoms with Gasteiger partial charge in [0.1, 0.15) is 0 Å². The van der Waals surface area contributed by atoms with Gasteiger partial charge >= 0.3 is 0 Å². The van der Waals surface area contributed by atoms with Gasteiger partial charge in [-0.1, -0.05) is 27.7 Å². The van der Waals surface area contributed by atoms with Gasteiger partial charge in [-0.15, -0.1) is 11.8 Å². The zero-order valence-corrected chi connectivity index (χ0v) is 20.5. The van der Waals surface area contributed by atoms with Crippen molar-refractivity contribution in [2.24, 2.45) is 11.3 Å². The Morgan fingerprint density at radius 1 is 1.17 bits per heavy atom. The highest BCUT2D eigenvalue weighted by Gasteiger charge is 2.31. The number of sulfonamides is 1.